The number of hydrogen-bond donors (Lipinski definition) is 2. The van der Waals surface area contributed by atoms with Gasteiger partial charge in [0.15, 0.2) is 0 Å². The van der Waals surface area contributed by atoms with Crippen LogP contribution in [0.25, 0.3) is 0 Å². The molecule has 74 valence electrons. The molecule has 1 rings (SSSR count). The zero-order valence-electron chi connectivity index (χ0n) is 8.42. The number of rotatable bonds is 2. The highest BCUT2D eigenvalue weighted by Crippen LogP contribution is 2.09. The number of aromatic amines is 1. The number of H-pyrrole nitrogens is 1. The third-order valence-corrected chi connectivity index (χ3v) is 1.93. The highest BCUT2D eigenvalue weighted by atomic mass is 16.1. The van der Waals surface area contributed by atoms with E-state index in [1.165, 1.54) is 0 Å². The fourth-order valence-corrected chi connectivity index (χ4v) is 1.24. The second kappa shape index (κ2) is 3.38. The molecule has 0 fully saturated rings. The minimum atomic E-state index is -0.191. The van der Waals surface area contributed by atoms with Gasteiger partial charge in [0, 0.05) is 11.8 Å². The number of aromatic nitrogens is 2. The molecule has 0 aliphatic carbocycles. The molecule has 0 aliphatic rings. The third-order valence-electron chi connectivity index (χ3n) is 1.93. The molecule has 13 heavy (non-hydrogen) atoms. The standard InChI is InChI=1S/C9H17N3O/c1-9(2,3)12-8(13)7(4-5-10)6-11-12/h6,11H,4-5,10H2,1-3H3. The molecule has 1 aromatic rings. The molecule has 0 amide bonds. The Labute approximate surface area is 77.7 Å². The van der Waals surface area contributed by atoms with Gasteiger partial charge in [0.05, 0.1) is 5.54 Å². The van der Waals surface area contributed by atoms with Crippen molar-refractivity contribution in [3.05, 3.63) is 22.1 Å². The summed E-state index contributed by atoms with van der Waals surface area (Å²) in [4.78, 5) is 11.7. The fourth-order valence-electron chi connectivity index (χ4n) is 1.24. The SMILES string of the molecule is CC(C)(C)n1[nH]cc(CCN)c1=O. The minimum Gasteiger partial charge on any atom is -0.330 e. The van der Waals surface area contributed by atoms with Crippen molar-refractivity contribution < 1.29 is 0 Å². The maximum Gasteiger partial charge on any atom is 0.270 e. The maximum atomic E-state index is 11.7. The monoisotopic (exact) mass is 183 g/mol. The first kappa shape index (κ1) is 10.1. The Morgan fingerprint density at radius 3 is 2.54 bits per heavy atom. The molecule has 0 unspecified atom stereocenters. The van der Waals surface area contributed by atoms with Gasteiger partial charge in [0.1, 0.15) is 0 Å². The summed E-state index contributed by atoms with van der Waals surface area (Å²) in [6, 6.07) is 0. The Hall–Kier alpha value is -1.03. The minimum absolute atomic E-state index is 0.0398. The second-order valence-electron chi connectivity index (χ2n) is 4.15. The lowest BCUT2D eigenvalue weighted by molar-refractivity contribution is 0.345. The van der Waals surface area contributed by atoms with Crippen LogP contribution in [0.15, 0.2) is 11.0 Å². The van der Waals surface area contributed by atoms with Crippen LogP contribution in [-0.2, 0) is 12.0 Å². The second-order valence-corrected chi connectivity index (χ2v) is 4.15. The Kier molecular flexibility index (Phi) is 2.61. The van der Waals surface area contributed by atoms with Crippen molar-refractivity contribution in [1.29, 1.82) is 0 Å². The van der Waals surface area contributed by atoms with Crippen LogP contribution in [-0.4, -0.2) is 16.3 Å². The maximum absolute atomic E-state index is 11.7. The van der Waals surface area contributed by atoms with Gasteiger partial charge in [-0.2, -0.15) is 0 Å². The normalized spacial score (nSPS) is 12.0. The van der Waals surface area contributed by atoms with Gasteiger partial charge < -0.3 is 10.8 Å². The zero-order valence-corrected chi connectivity index (χ0v) is 8.42. The largest absolute Gasteiger partial charge is 0.330 e. The summed E-state index contributed by atoms with van der Waals surface area (Å²) in [5, 5.41) is 2.95. The molecule has 0 radical (unpaired) electrons. The van der Waals surface area contributed by atoms with Crippen molar-refractivity contribution in [2.45, 2.75) is 32.7 Å². The lowest BCUT2D eigenvalue weighted by Crippen LogP contribution is -2.33. The molecule has 0 aromatic carbocycles. The van der Waals surface area contributed by atoms with Crippen LogP contribution < -0.4 is 11.3 Å². The number of nitrogens with one attached hydrogen (secondary N) is 1. The molecule has 0 atom stereocenters. The summed E-state index contributed by atoms with van der Waals surface area (Å²) in [5.41, 5.74) is 6.00. The van der Waals surface area contributed by atoms with Crippen LogP contribution in [0, 0.1) is 0 Å². The van der Waals surface area contributed by atoms with Crippen LogP contribution in [0.2, 0.25) is 0 Å². The van der Waals surface area contributed by atoms with E-state index >= 15 is 0 Å². The smallest absolute Gasteiger partial charge is 0.270 e. The van der Waals surface area contributed by atoms with E-state index in [1.807, 2.05) is 20.8 Å². The summed E-state index contributed by atoms with van der Waals surface area (Å²) >= 11 is 0. The molecule has 0 aliphatic heterocycles. The van der Waals surface area contributed by atoms with Gasteiger partial charge in [0.25, 0.3) is 5.56 Å². The first-order chi connectivity index (χ1) is 5.96. The molecule has 0 saturated heterocycles. The average Bonchev–Trinajstić information content (AvgIpc) is 2.32. The van der Waals surface area contributed by atoms with E-state index in [0.29, 0.717) is 13.0 Å². The molecule has 4 heteroatoms. The number of nitrogens with zero attached hydrogens (tertiary/aromatic N) is 1. The average molecular weight is 183 g/mol. The van der Waals surface area contributed by atoms with Crippen LogP contribution >= 0.6 is 0 Å². The highest BCUT2D eigenvalue weighted by Gasteiger charge is 2.17. The molecular weight excluding hydrogens is 166 g/mol. The van der Waals surface area contributed by atoms with Crippen molar-refractivity contribution in [3.8, 4) is 0 Å². The van der Waals surface area contributed by atoms with Crippen LogP contribution in [0.1, 0.15) is 26.3 Å². The van der Waals surface area contributed by atoms with Gasteiger partial charge in [-0.05, 0) is 33.7 Å². The zero-order chi connectivity index (χ0) is 10.1. The number of nitrogens with two attached hydrogens (primary N) is 1. The summed E-state index contributed by atoms with van der Waals surface area (Å²) < 4.78 is 1.62. The van der Waals surface area contributed by atoms with E-state index in [1.54, 1.807) is 10.9 Å². The van der Waals surface area contributed by atoms with Crippen LogP contribution in [0.4, 0.5) is 0 Å². The van der Waals surface area contributed by atoms with Crippen LogP contribution in [0.3, 0.4) is 0 Å². The first-order valence-electron chi connectivity index (χ1n) is 4.46. The van der Waals surface area contributed by atoms with Crippen molar-refractivity contribution in [1.82, 2.24) is 9.78 Å². The van der Waals surface area contributed by atoms with Crippen molar-refractivity contribution in [3.63, 3.8) is 0 Å². The van der Waals surface area contributed by atoms with Crippen molar-refractivity contribution in [2.24, 2.45) is 5.73 Å². The van der Waals surface area contributed by atoms with E-state index in [-0.39, 0.29) is 11.1 Å². The third kappa shape index (κ3) is 2.01. The Morgan fingerprint density at radius 1 is 1.54 bits per heavy atom. The quantitative estimate of drug-likeness (QED) is 0.698. The summed E-state index contributed by atoms with van der Waals surface area (Å²) in [6.45, 7) is 6.46. The molecule has 4 nitrogen and oxygen atoms in total. The van der Waals surface area contributed by atoms with Gasteiger partial charge in [-0.25, -0.2) is 4.68 Å². The predicted molar refractivity (Wildman–Crippen MR) is 52.8 cm³/mol. The van der Waals surface area contributed by atoms with Crippen molar-refractivity contribution >= 4 is 0 Å². The fraction of sp³-hybridized carbons (Fsp3) is 0.667. The van der Waals surface area contributed by atoms with Crippen LogP contribution in [0.5, 0.6) is 0 Å². The first-order valence-corrected chi connectivity index (χ1v) is 4.46. The lowest BCUT2D eigenvalue weighted by atomic mass is 10.1. The molecule has 1 heterocycles. The molecule has 3 N–H and O–H groups in total. The van der Waals surface area contributed by atoms with E-state index in [4.69, 9.17) is 5.73 Å². The van der Waals surface area contributed by atoms with E-state index in [0.717, 1.165) is 5.56 Å². The predicted octanol–water partition coefficient (Wildman–Crippen LogP) is 0.433. The van der Waals surface area contributed by atoms with Crippen molar-refractivity contribution in [2.75, 3.05) is 6.54 Å². The van der Waals surface area contributed by atoms with E-state index < -0.39 is 0 Å². The Bertz CT molecular complexity index is 329. The summed E-state index contributed by atoms with van der Waals surface area (Å²) in [6.07, 6.45) is 2.37. The van der Waals surface area contributed by atoms with Gasteiger partial charge in [-0.1, -0.05) is 0 Å². The lowest BCUT2D eigenvalue weighted by Gasteiger charge is -2.18. The summed E-state index contributed by atoms with van der Waals surface area (Å²) in [7, 11) is 0. The molecule has 0 saturated carbocycles. The molecular formula is C9H17N3O. The Morgan fingerprint density at radius 2 is 2.15 bits per heavy atom. The highest BCUT2D eigenvalue weighted by molar-refractivity contribution is 5.06. The molecule has 0 spiro atoms. The Balaban J connectivity index is 3.07. The van der Waals surface area contributed by atoms with E-state index in [2.05, 4.69) is 5.10 Å². The molecule has 0 bridgehead atoms. The van der Waals surface area contributed by atoms with Gasteiger partial charge in [0.2, 0.25) is 0 Å². The van der Waals surface area contributed by atoms with Gasteiger partial charge >= 0.3 is 0 Å². The summed E-state index contributed by atoms with van der Waals surface area (Å²) in [5.74, 6) is 0. The number of hydrogen-bond acceptors (Lipinski definition) is 2. The van der Waals surface area contributed by atoms with Gasteiger partial charge in [-0.15, -0.1) is 0 Å². The molecule has 1 aromatic heterocycles. The van der Waals surface area contributed by atoms with Gasteiger partial charge in [-0.3, -0.25) is 4.79 Å². The topological polar surface area (TPSA) is 63.8 Å². The van der Waals surface area contributed by atoms with E-state index in [9.17, 15) is 4.79 Å².